The van der Waals surface area contributed by atoms with E-state index in [-0.39, 0.29) is 16.9 Å². The quantitative estimate of drug-likeness (QED) is 0.666. The Morgan fingerprint density at radius 2 is 1.83 bits per heavy atom. The number of carbonyl (C=O) groups excluding carboxylic acids is 2. The average Bonchev–Trinajstić information content (AvgIpc) is 2.78. The number of Topliss-reactive ketones (excluding diaryl/α,β-unsaturated/α-hetero) is 1. The number of carbonyl (C=O) groups is 3. The molecule has 0 saturated carbocycles. The number of nitrogens with one attached hydrogen (secondary N) is 2. The summed E-state index contributed by atoms with van der Waals surface area (Å²) in [5, 5.41) is 11.9. The molecule has 1 rings (SSSR count). The average molecular weight is 336 g/mol. The van der Waals surface area contributed by atoms with Crippen molar-refractivity contribution in [2.45, 2.75) is 66.8 Å². The Kier molecular flexibility index (Phi) is 6.35. The molecule has 0 aromatic carbocycles. The van der Waals surface area contributed by atoms with Gasteiger partial charge in [0.25, 0.3) is 5.91 Å². The maximum Gasteiger partial charge on any atom is 0.326 e. The summed E-state index contributed by atoms with van der Waals surface area (Å²) in [5.41, 5.74) is 2.05. The third kappa shape index (κ3) is 4.94. The van der Waals surface area contributed by atoms with E-state index in [1.807, 2.05) is 27.7 Å². The van der Waals surface area contributed by atoms with E-state index in [4.69, 9.17) is 0 Å². The minimum Gasteiger partial charge on any atom is -0.480 e. The fourth-order valence-electron chi connectivity index (χ4n) is 2.77. The van der Waals surface area contributed by atoms with E-state index in [1.54, 1.807) is 6.92 Å². The summed E-state index contributed by atoms with van der Waals surface area (Å²) in [4.78, 5) is 38.7. The summed E-state index contributed by atoms with van der Waals surface area (Å²) in [5.74, 6) is -1.65. The zero-order valence-electron chi connectivity index (χ0n) is 15.4. The highest BCUT2D eigenvalue weighted by Crippen LogP contribution is 2.23. The first kappa shape index (κ1) is 19.9. The first-order valence-electron chi connectivity index (χ1n) is 8.24. The van der Waals surface area contributed by atoms with Crippen molar-refractivity contribution in [3.63, 3.8) is 0 Å². The second-order valence-corrected chi connectivity index (χ2v) is 7.35. The summed E-state index contributed by atoms with van der Waals surface area (Å²) in [6.07, 6.45) is 1.54. The van der Waals surface area contributed by atoms with Crippen LogP contribution in [0.15, 0.2) is 0 Å². The summed E-state index contributed by atoms with van der Waals surface area (Å²) in [7, 11) is 0. The van der Waals surface area contributed by atoms with Crippen molar-refractivity contribution < 1.29 is 19.5 Å². The van der Waals surface area contributed by atoms with Crippen LogP contribution in [0.1, 0.15) is 79.6 Å². The van der Waals surface area contributed by atoms with E-state index >= 15 is 0 Å². The number of rotatable bonds is 7. The van der Waals surface area contributed by atoms with E-state index in [0.29, 0.717) is 36.1 Å². The van der Waals surface area contributed by atoms with Crippen LogP contribution in [0, 0.1) is 12.3 Å². The smallest absolute Gasteiger partial charge is 0.326 e. The molecule has 24 heavy (non-hydrogen) atoms. The first-order chi connectivity index (χ1) is 11.0. The van der Waals surface area contributed by atoms with Gasteiger partial charge in [0.05, 0.1) is 0 Å². The number of hydrogen-bond donors (Lipinski definition) is 3. The van der Waals surface area contributed by atoms with Crippen molar-refractivity contribution in [1.82, 2.24) is 10.3 Å². The number of amides is 1. The predicted octanol–water partition coefficient (Wildman–Crippen LogP) is 3.10. The molecule has 0 aliphatic heterocycles. The van der Waals surface area contributed by atoms with Gasteiger partial charge in [-0.3, -0.25) is 9.59 Å². The van der Waals surface area contributed by atoms with Crippen molar-refractivity contribution in [2.24, 2.45) is 5.41 Å². The molecule has 134 valence electrons. The van der Waals surface area contributed by atoms with Crippen LogP contribution in [0.4, 0.5) is 0 Å². The largest absolute Gasteiger partial charge is 0.480 e. The van der Waals surface area contributed by atoms with E-state index in [0.717, 1.165) is 0 Å². The van der Waals surface area contributed by atoms with Crippen LogP contribution >= 0.6 is 0 Å². The standard InChI is InChI=1S/C18H28N2O4/c1-7-12-14(11(3)21)10(2)19-15(12)16(22)20-13(17(23)24)8-9-18(4,5)6/h13,19H,7-9H2,1-6H3,(H,20,22)(H,23,24). The molecule has 0 spiro atoms. The zero-order chi connectivity index (χ0) is 18.7. The predicted molar refractivity (Wildman–Crippen MR) is 92.5 cm³/mol. The second-order valence-electron chi connectivity index (χ2n) is 7.35. The van der Waals surface area contributed by atoms with Crippen molar-refractivity contribution in [1.29, 1.82) is 0 Å². The third-order valence-electron chi connectivity index (χ3n) is 4.01. The molecular formula is C18H28N2O4. The summed E-state index contributed by atoms with van der Waals surface area (Å²) >= 11 is 0. The van der Waals surface area contributed by atoms with Gasteiger partial charge in [-0.25, -0.2) is 4.79 Å². The van der Waals surface area contributed by atoms with Gasteiger partial charge in [-0.1, -0.05) is 27.7 Å². The number of H-pyrrole nitrogens is 1. The van der Waals surface area contributed by atoms with Gasteiger partial charge in [-0.05, 0) is 44.1 Å². The summed E-state index contributed by atoms with van der Waals surface area (Å²) < 4.78 is 0. The normalized spacial score (nSPS) is 12.8. The highest BCUT2D eigenvalue weighted by Gasteiger charge is 2.27. The van der Waals surface area contributed by atoms with E-state index in [9.17, 15) is 19.5 Å². The van der Waals surface area contributed by atoms with Crippen LogP contribution < -0.4 is 5.32 Å². The van der Waals surface area contributed by atoms with Gasteiger partial charge in [-0.15, -0.1) is 0 Å². The number of carboxylic acids is 1. The number of aromatic nitrogens is 1. The first-order valence-corrected chi connectivity index (χ1v) is 8.24. The van der Waals surface area contributed by atoms with Gasteiger partial charge in [0.15, 0.2) is 5.78 Å². The molecule has 6 heteroatoms. The monoisotopic (exact) mass is 336 g/mol. The molecule has 0 fully saturated rings. The van der Waals surface area contributed by atoms with Gasteiger partial charge >= 0.3 is 5.97 Å². The van der Waals surface area contributed by atoms with E-state index in [2.05, 4.69) is 10.3 Å². The van der Waals surface area contributed by atoms with Crippen molar-refractivity contribution >= 4 is 17.7 Å². The highest BCUT2D eigenvalue weighted by molar-refractivity contribution is 6.03. The van der Waals surface area contributed by atoms with Crippen LogP contribution in [-0.4, -0.2) is 33.8 Å². The molecule has 0 aliphatic carbocycles. The Hall–Kier alpha value is -2.11. The number of carboxylic acid groups (broad SMARTS) is 1. The minimum absolute atomic E-state index is 0.0160. The van der Waals surface area contributed by atoms with E-state index in [1.165, 1.54) is 6.92 Å². The van der Waals surface area contributed by atoms with Crippen LogP contribution in [0.25, 0.3) is 0 Å². The molecular weight excluding hydrogens is 308 g/mol. The van der Waals surface area contributed by atoms with Crippen LogP contribution in [0.5, 0.6) is 0 Å². The molecule has 1 aromatic heterocycles. The molecule has 1 amide bonds. The lowest BCUT2D eigenvalue weighted by Crippen LogP contribution is -2.41. The third-order valence-corrected chi connectivity index (χ3v) is 4.01. The fourth-order valence-corrected chi connectivity index (χ4v) is 2.77. The Balaban J connectivity index is 3.02. The Morgan fingerprint density at radius 3 is 2.25 bits per heavy atom. The van der Waals surface area contributed by atoms with E-state index < -0.39 is 17.9 Å². The Labute approximate surface area is 143 Å². The Bertz CT molecular complexity index is 638. The zero-order valence-corrected chi connectivity index (χ0v) is 15.4. The number of aryl methyl sites for hydroxylation is 1. The number of aromatic amines is 1. The molecule has 0 saturated heterocycles. The number of aliphatic carboxylic acids is 1. The molecule has 1 heterocycles. The highest BCUT2D eigenvalue weighted by atomic mass is 16.4. The van der Waals surface area contributed by atoms with Gasteiger partial charge in [-0.2, -0.15) is 0 Å². The van der Waals surface area contributed by atoms with Gasteiger partial charge in [0, 0.05) is 11.3 Å². The second kappa shape index (κ2) is 7.64. The molecule has 0 bridgehead atoms. The van der Waals surface area contributed by atoms with Crippen LogP contribution in [-0.2, 0) is 11.2 Å². The molecule has 6 nitrogen and oxygen atoms in total. The summed E-state index contributed by atoms with van der Waals surface area (Å²) in [6.45, 7) is 11.1. The van der Waals surface area contributed by atoms with Crippen molar-refractivity contribution in [3.05, 3.63) is 22.5 Å². The summed E-state index contributed by atoms with van der Waals surface area (Å²) in [6, 6.07) is -0.953. The maximum atomic E-state index is 12.5. The molecule has 1 atom stereocenters. The number of ketones is 1. The lowest BCUT2D eigenvalue weighted by molar-refractivity contribution is -0.139. The Morgan fingerprint density at radius 1 is 1.25 bits per heavy atom. The SMILES string of the molecule is CCc1c(C(=O)NC(CCC(C)(C)C)C(=O)O)[nH]c(C)c1C(C)=O. The van der Waals surface area contributed by atoms with Gasteiger partial charge < -0.3 is 15.4 Å². The van der Waals surface area contributed by atoms with Gasteiger partial charge in [0.2, 0.25) is 0 Å². The molecule has 1 unspecified atom stereocenters. The van der Waals surface area contributed by atoms with Crippen LogP contribution in [0.2, 0.25) is 0 Å². The van der Waals surface area contributed by atoms with Gasteiger partial charge in [0.1, 0.15) is 11.7 Å². The molecule has 0 radical (unpaired) electrons. The molecule has 3 N–H and O–H groups in total. The number of hydrogen-bond acceptors (Lipinski definition) is 3. The molecule has 0 aliphatic rings. The lowest BCUT2D eigenvalue weighted by Gasteiger charge is -2.21. The minimum atomic E-state index is -1.05. The topological polar surface area (TPSA) is 99.3 Å². The maximum absolute atomic E-state index is 12.5. The van der Waals surface area contributed by atoms with Crippen molar-refractivity contribution in [2.75, 3.05) is 0 Å². The van der Waals surface area contributed by atoms with Crippen LogP contribution in [0.3, 0.4) is 0 Å². The lowest BCUT2D eigenvalue weighted by atomic mass is 9.88. The fraction of sp³-hybridized carbons (Fsp3) is 0.611. The van der Waals surface area contributed by atoms with Crippen molar-refractivity contribution in [3.8, 4) is 0 Å². The molecule has 1 aromatic rings.